The van der Waals surface area contributed by atoms with E-state index >= 15 is 0 Å². The van der Waals surface area contributed by atoms with Crippen molar-refractivity contribution in [3.8, 4) is 11.1 Å². The van der Waals surface area contributed by atoms with E-state index in [-0.39, 0.29) is 11.6 Å². The van der Waals surface area contributed by atoms with Gasteiger partial charge in [0.2, 0.25) is 11.6 Å². The van der Waals surface area contributed by atoms with Crippen LogP contribution in [0.25, 0.3) is 11.1 Å². The number of rotatable bonds is 5. The maximum Gasteiger partial charge on any atom is 0.203 e. The summed E-state index contributed by atoms with van der Waals surface area (Å²) in [6, 6.07) is 24.9. The van der Waals surface area contributed by atoms with E-state index < -0.39 is 0 Å². The Bertz CT molecular complexity index is 1180. The van der Waals surface area contributed by atoms with Gasteiger partial charge in [0.1, 0.15) is 0 Å². The van der Waals surface area contributed by atoms with E-state index in [9.17, 15) is 9.59 Å². The Kier molecular flexibility index (Phi) is 5.63. The van der Waals surface area contributed by atoms with Crippen molar-refractivity contribution < 1.29 is 9.59 Å². The van der Waals surface area contributed by atoms with Crippen LogP contribution in [0.15, 0.2) is 84.9 Å². The van der Waals surface area contributed by atoms with E-state index in [4.69, 9.17) is 23.2 Å². The Labute approximate surface area is 182 Å². The Morgan fingerprint density at radius 3 is 1.72 bits per heavy atom. The van der Waals surface area contributed by atoms with Gasteiger partial charge in [-0.3, -0.25) is 9.59 Å². The molecule has 3 aromatic carbocycles. The summed E-state index contributed by atoms with van der Waals surface area (Å²) < 4.78 is 0. The topological polar surface area (TPSA) is 34.1 Å². The maximum absolute atomic E-state index is 13.2. The van der Waals surface area contributed by atoms with Crippen molar-refractivity contribution in [3.05, 3.63) is 116 Å². The summed E-state index contributed by atoms with van der Waals surface area (Å²) in [5, 5.41) is 1.13. The van der Waals surface area contributed by atoms with Gasteiger partial charge >= 0.3 is 0 Å². The summed E-state index contributed by atoms with van der Waals surface area (Å²) >= 11 is 13.1. The first-order chi connectivity index (χ1) is 14.0. The van der Waals surface area contributed by atoms with Gasteiger partial charge in [-0.2, -0.15) is 0 Å². The monoisotopic (exact) mass is 436 g/mol. The van der Waals surface area contributed by atoms with Crippen LogP contribution in [0.1, 0.15) is 30.5 Å². The molecule has 0 unspecified atom stereocenters. The fraction of sp³-hybridized carbons (Fsp3) is 0. The highest BCUT2D eigenvalue weighted by Gasteiger charge is 2.22. The number of carbonyl (C=O) groups excluding carboxylic acids is 2. The second kappa shape index (κ2) is 8.34. The van der Waals surface area contributed by atoms with Gasteiger partial charge in [-0.15, -0.1) is 11.3 Å². The number of carbonyl (C=O) groups is 2. The predicted molar refractivity (Wildman–Crippen MR) is 120 cm³/mol. The zero-order valence-electron chi connectivity index (χ0n) is 15.1. The number of hydrogen-bond donors (Lipinski definition) is 0. The summed E-state index contributed by atoms with van der Waals surface area (Å²) in [6.07, 6.45) is 0. The molecule has 29 heavy (non-hydrogen) atoms. The van der Waals surface area contributed by atoms with Gasteiger partial charge < -0.3 is 0 Å². The summed E-state index contributed by atoms with van der Waals surface area (Å²) in [5.74, 6) is -0.278. The highest BCUT2D eigenvalue weighted by atomic mass is 35.5. The second-order valence-electron chi connectivity index (χ2n) is 6.39. The van der Waals surface area contributed by atoms with Crippen molar-refractivity contribution >= 4 is 46.1 Å². The van der Waals surface area contributed by atoms with Gasteiger partial charge in [0.05, 0.1) is 9.75 Å². The summed E-state index contributed by atoms with van der Waals surface area (Å²) in [6.45, 7) is 0. The molecule has 0 N–H and O–H groups in total. The Morgan fingerprint density at radius 1 is 0.655 bits per heavy atom. The molecule has 0 amide bonds. The second-order valence-corrected chi connectivity index (χ2v) is 8.32. The molecule has 0 aliphatic rings. The average Bonchev–Trinajstić information content (AvgIpc) is 3.20. The van der Waals surface area contributed by atoms with E-state index in [2.05, 4.69) is 0 Å². The molecule has 0 saturated carbocycles. The summed E-state index contributed by atoms with van der Waals surface area (Å²) in [4.78, 5) is 27.2. The first-order valence-corrected chi connectivity index (χ1v) is 10.4. The predicted octanol–water partition coefficient (Wildman–Crippen LogP) is 7.18. The Hall–Kier alpha value is -2.72. The molecule has 0 atom stereocenters. The van der Waals surface area contributed by atoms with E-state index in [0.29, 0.717) is 30.9 Å². The van der Waals surface area contributed by atoms with Gasteiger partial charge in [0.15, 0.2) is 0 Å². The molecule has 0 aliphatic carbocycles. The molecule has 0 radical (unpaired) electrons. The van der Waals surface area contributed by atoms with Crippen LogP contribution in [0.3, 0.4) is 0 Å². The lowest BCUT2D eigenvalue weighted by atomic mass is 10.0. The molecule has 0 spiro atoms. The zero-order valence-corrected chi connectivity index (χ0v) is 17.4. The van der Waals surface area contributed by atoms with Crippen LogP contribution < -0.4 is 0 Å². The van der Waals surface area contributed by atoms with Crippen molar-refractivity contribution in [3.63, 3.8) is 0 Å². The fourth-order valence-corrected chi connectivity index (χ4v) is 4.34. The molecular formula is C24H14Cl2O2S. The molecule has 142 valence electrons. The molecule has 1 heterocycles. The standard InChI is InChI=1S/C24H14Cl2O2S/c25-18-10-6-16(7-11-18)22(27)21-14-20(15-4-2-1-3-5-15)24(29-21)23(28)17-8-12-19(26)13-9-17/h1-14H. The summed E-state index contributed by atoms with van der Waals surface area (Å²) in [7, 11) is 0. The minimum Gasteiger partial charge on any atom is -0.288 e. The number of halogens is 2. The molecule has 4 rings (SSSR count). The highest BCUT2D eigenvalue weighted by Crippen LogP contribution is 2.35. The lowest BCUT2D eigenvalue weighted by Gasteiger charge is -2.04. The molecule has 0 bridgehead atoms. The molecule has 2 nitrogen and oxygen atoms in total. The van der Waals surface area contributed by atoms with Crippen LogP contribution in [0.4, 0.5) is 0 Å². The minimum atomic E-state index is -0.140. The maximum atomic E-state index is 13.2. The lowest BCUT2D eigenvalue weighted by molar-refractivity contribution is 0.103. The van der Waals surface area contributed by atoms with Gasteiger partial charge in [0, 0.05) is 26.7 Å². The number of ketones is 2. The molecular weight excluding hydrogens is 423 g/mol. The summed E-state index contributed by atoms with van der Waals surface area (Å²) in [5.41, 5.74) is 2.68. The molecule has 4 aromatic rings. The largest absolute Gasteiger partial charge is 0.288 e. The van der Waals surface area contributed by atoms with Gasteiger partial charge in [0.25, 0.3) is 0 Å². The van der Waals surface area contributed by atoms with Crippen LogP contribution in [0.2, 0.25) is 10.0 Å². The van der Waals surface area contributed by atoms with E-state index in [1.807, 2.05) is 30.3 Å². The molecule has 1 aromatic heterocycles. The smallest absolute Gasteiger partial charge is 0.203 e. The first-order valence-electron chi connectivity index (χ1n) is 8.83. The number of hydrogen-bond acceptors (Lipinski definition) is 3. The molecule has 0 fully saturated rings. The normalized spacial score (nSPS) is 10.7. The lowest BCUT2D eigenvalue weighted by Crippen LogP contribution is -2.00. The van der Waals surface area contributed by atoms with E-state index in [1.165, 1.54) is 11.3 Å². The number of benzene rings is 3. The van der Waals surface area contributed by atoms with Crippen LogP contribution >= 0.6 is 34.5 Å². The van der Waals surface area contributed by atoms with Crippen LogP contribution in [0, 0.1) is 0 Å². The van der Waals surface area contributed by atoms with Crippen LogP contribution in [-0.2, 0) is 0 Å². The highest BCUT2D eigenvalue weighted by molar-refractivity contribution is 7.17. The SMILES string of the molecule is O=C(c1ccc(Cl)cc1)c1cc(-c2ccccc2)c(C(=O)c2ccc(Cl)cc2)s1. The average molecular weight is 437 g/mol. The molecule has 5 heteroatoms. The third kappa shape index (κ3) is 4.18. The first kappa shape index (κ1) is 19.6. The van der Waals surface area contributed by atoms with Gasteiger partial charge in [-0.25, -0.2) is 0 Å². The van der Waals surface area contributed by atoms with Crippen molar-refractivity contribution in [2.45, 2.75) is 0 Å². The van der Waals surface area contributed by atoms with E-state index in [1.54, 1.807) is 54.6 Å². The minimum absolute atomic E-state index is 0.138. The number of thiophene rings is 1. The Balaban J connectivity index is 1.81. The third-order valence-corrected chi connectivity index (χ3v) is 6.10. The van der Waals surface area contributed by atoms with Gasteiger partial charge in [-0.05, 0) is 60.2 Å². The fourth-order valence-electron chi connectivity index (χ4n) is 2.98. The molecule has 0 saturated heterocycles. The van der Waals surface area contributed by atoms with Crippen LogP contribution in [-0.4, -0.2) is 11.6 Å². The quantitative estimate of drug-likeness (QED) is 0.310. The molecule has 0 aliphatic heterocycles. The van der Waals surface area contributed by atoms with Crippen molar-refractivity contribution in [1.82, 2.24) is 0 Å². The third-order valence-electron chi connectivity index (χ3n) is 4.46. The van der Waals surface area contributed by atoms with E-state index in [0.717, 1.165) is 11.1 Å². The van der Waals surface area contributed by atoms with Crippen molar-refractivity contribution in [1.29, 1.82) is 0 Å². The van der Waals surface area contributed by atoms with Gasteiger partial charge in [-0.1, -0.05) is 53.5 Å². The van der Waals surface area contributed by atoms with Crippen molar-refractivity contribution in [2.75, 3.05) is 0 Å². The Morgan fingerprint density at radius 2 is 1.17 bits per heavy atom. The van der Waals surface area contributed by atoms with Crippen molar-refractivity contribution in [2.24, 2.45) is 0 Å². The zero-order chi connectivity index (χ0) is 20.4. The van der Waals surface area contributed by atoms with Crippen LogP contribution in [0.5, 0.6) is 0 Å².